The average molecular weight is 300 g/mol. The molecule has 0 spiro atoms. The summed E-state index contributed by atoms with van der Waals surface area (Å²) in [7, 11) is 0. The van der Waals surface area contributed by atoms with Gasteiger partial charge in [0.25, 0.3) is 5.78 Å². The van der Waals surface area contributed by atoms with Crippen molar-refractivity contribution in [3.63, 3.8) is 0 Å². The highest BCUT2D eigenvalue weighted by Gasteiger charge is 2.16. The van der Waals surface area contributed by atoms with Crippen molar-refractivity contribution in [2.45, 2.75) is 12.1 Å². The fourth-order valence-electron chi connectivity index (χ4n) is 2.24. The van der Waals surface area contributed by atoms with E-state index in [0.29, 0.717) is 5.78 Å². The van der Waals surface area contributed by atoms with Crippen molar-refractivity contribution < 1.29 is 9.47 Å². The number of hydrogen-bond donors (Lipinski definition) is 0. The first-order chi connectivity index (χ1) is 10.3. The van der Waals surface area contributed by atoms with E-state index >= 15 is 0 Å². The minimum atomic E-state index is 0.269. The zero-order chi connectivity index (χ0) is 14.2. The summed E-state index contributed by atoms with van der Waals surface area (Å²) < 4.78 is 12.5. The molecule has 0 amide bonds. The van der Waals surface area contributed by atoms with E-state index in [0.717, 1.165) is 33.7 Å². The molecular weight excluding hydrogens is 288 g/mol. The Balaban J connectivity index is 1.85. The van der Waals surface area contributed by atoms with E-state index in [1.165, 1.54) is 0 Å². The number of hydrogen-bond acceptors (Lipinski definition) is 6. The summed E-state index contributed by atoms with van der Waals surface area (Å²) in [6, 6.07) is 7.75. The summed E-state index contributed by atoms with van der Waals surface area (Å²) in [6.45, 7) is 2.34. The fraction of sp³-hybridized carbons (Fsp3) is 0.214. The molecule has 2 aromatic heterocycles. The quantitative estimate of drug-likeness (QED) is 0.693. The Kier molecular flexibility index (Phi) is 2.92. The highest BCUT2D eigenvalue weighted by Crippen LogP contribution is 2.35. The third-order valence-electron chi connectivity index (χ3n) is 3.16. The Morgan fingerprint density at radius 2 is 2.14 bits per heavy atom. The molecule has 4 rings (SSSR count). The smallest absolute Gasteiger partial charge is 0.253 e. The zero-order valence-electron chi connectivity index (χ0n) is 11.3. The molecule has 7 heteroatoms. The molecule has 0 atom stereocenters. The normalized spacial score (nSPS) is 13.0. The molecule has 0 N–H and O–H groups in total. The van der Waals surface area contributed by atoms with Crippen LogP contribution in [0.4, 0.5) is 0 Å². The maximum Gasteiger partial charge on any atom is 0.253 e. The summed E-state index contributed by atoms with van der Waals surface area (Å²) >= 11 is 1.60. The largest absolute Gasteiger partial charge is 0.454 e. The predicted octanol–water partition coefficient (Wildman–Crippen LogP) is 2.63. The molecule has 6 nitrogen and oxygen atoms in total. The molecule has 0 fully saturated rings. The van der Waals surface area contributed by atoms with Gasteiger partial charge < -0.3 is 9.47 Å². The second kappa shape index (κ2) is 4.92. The summed E-state index contributed by atoms with van der Waals surface area (Å²) in [5.74, 6) is 3.04. The number of rotatable bonds is 3. The van der Waals surface area contributed by atoms with E-state index in [9.17, 15) is 0 Å². The molecule has 0 bridgehead atoms. The van der Waals surface area contributed by atoms with Crippen molar-refractivity contribution in [2.24, 2.45) is 0 Å². The first-order valence-electron chi connectivity index (χ1n) is 6.60. The number of aromatic nitrogens is 4. The van der Waals surface area contributed by atoms with Crippen LogP contribution in [0.25, 0.3) is 17.0 Å². The molecule has 1 aliphatic rings. The van der Waals surface area contributed by atoms with Crippen molar-refractivity contribution in [1.82, 2.24) is 19.6 Å². The predicted molar refractivity (Wildman–Crippen MR) is 78.7 cm³/mol. The average Bonchev–Trinajstić information content (AvgIpc) is 3.12. The summed E-state index contributed by atoms with van der Waals surface area (Å²) in [4.78, 5) is 8.67. The Morgan fingerprint density at radius 1 is 1.24 bits per heavy atom. The lowest BCUT2D eigenvalue weighted by molar-refractivity contribution is 0.174. The van der Waals surface area contributed by atoms with Crippen molar-refractivity contribution >= 4 is 17.5 Å². The zero-order valence-corrected chi connectivity index (χ0v) is 12.1. The molecule has 3 heterocycles. The lowest BCUT2D eigenvalue weighted by atomic mass is 10.1. The van der Waals surface area contributed by atoms with E-state index in [1.807, 2.05) is 24.3 Å². The minimum absolute atomic E-state index is 0.269. The van der Waals surface area contributed by atoms with Crippen molar-refractivity contribution in [3.05, 3.63) is 30.5 Å². The topological polar surface area (TPSA) is 61.5 Å². The van der Waals surface area contributed by atoms with Gasteiger partial charge in [0.05, 0.1) is 5.69 Å². The molecule has 0 saturated heterocycles. The molecule has 0 aliphatic carbocycles. The molecule has 0 unspecified atom stereocenters. The second-order valence-corrected chi connectivity index (χ2v) is 5.67. The first-order valence-corrected chi connectivity index (χ1v) is 7.58. The van der Waals surface area contributed by atoms with Crippen LogP contribution < -0.4 is 9.47 Å². The molecule has 106 valence electrons. The SMILES string of the molecule is CCSc1nc2nccc(-c3ccc4c(c3)OCO4)n2n1. The summed E-state index contributed by atoms with van der Waals surface area (Å²) in [6.07, 6.45) is 1.74. The van der Waals surface area contributed by atoms with Crippen LogP contribution in [0.1, 0.15) is 6.92 Å². The first kappa shape index (κ1) is 12.5. The number of ether oxygens (including phenoxy) is 2. The van der Waals surface area contributed by atoms with Crippen LogP contribution in [0.3, 0.4) is 0 Å². The molecule has 1 aliphatic heterocycles. The third kappa shape index (κ3) is 2.09. The van der Waals surface area contributed by atoms with Crippen LogP contribution in [0.2, 0.25) is 0 Å². The van der Waals surface area contributed by atoms with Gasteiger partial charge >= 0.3 is 0 Å². The lowest BCUT2D eigenvalue weighted by Gasteiger charge is -2.04. The molecule has 21 heavy (non-hydrogen) atoms. The molecule has 0 saturated carbocycles. The lowest BCUT2D eigenvalue weighted by Crippen LogP contribution is -1.96. The van der Waals surface area contributed by atoms with Crippen LogP contribution in [0.15, 0.2) is 35.6 Å². The third-order valence-corrected chi connectivity index (χ3v) is 3.88. The maximum atomic E-state index is 5.43. The molecule has 3 aromatic rings. The van der Waals surface area contributed by atoms with Crippen molar-refractivity contribution in [3.8, 4) is 22.8 Å². The fourth-order valence-corrected chi connectivity index (χ4v) is 2.78. The molecule has 0 radical (unpaired) electrons. The van der Waals surface area contributed by atoms with E-state index in [-0.39, 0.29) is 6.79 Å². The van der Waals surface area contributed by atoms with Gasteiger partial charge in [0.2, 0.25) is 11.9 Å². The Labute approximate surface area is 125 Å². The van der Waals surface area contributed by atoms with Gasteiger partial charge in [-0.1, -0.05) is 18.7 Å². The highest BCUT2D eigenvalue weighted by molar-refractivity contribution is 7.99. The van der Waals surface area contributed by atoms with Gasteiger partial charge in [-0.25, -0.2) is 4.98 Å². The van der Waals surface area contributed by atoms with Crippen LogP contribution in [0, 0.1) is 0 Å². The Morgan fingerprint density at radius 3 is 3.05 bits per heavy atom. The molecule has 1 aromatic carbocycles. The summed E-state index contributed by atoms with van der Waals surface area (Å²) in [5, 5.41) is 5.24. The van der Waals surface area contributed by atoms with Crippen molar-refractivity contribution in [1.29, 1.82) is 0 Å². The van der Waals surface area contributed by atoms with Gasteiger partial charge in [0.1, 0.15) is 0 Å². The van der Waals surface area contributed by atoms with E-state index in [1.54, 1.807) is 22.5 Å². The van der Waals surface area contributed by atoms with Crippen molar-refractivity contribution in [2.75, 3.05) is 12.5 Å². The monoisotopic (exact) mass is 300 g/mol. The van der Waals surface area contributed by atoms with Gasteiger partial charge in [-0.3, -0.25) is 0 Å². The van der Waals surface area contributed by atoms with E-state index in [2.05, 4.69) is 22.0 Å². The van der Waals surface area contributed by atoms with Gasteiger partial charge in [-0.15, -0.1) is 5.10 Å². The number of benzene rings is 1. The standard InChI is InChI=1S/C14H12N4O2S/c1-2-21-14-16-13-15-6-5-10(18(13)17-14)9-3-4-11-12(7-9)20-8-19-11/h3-7H,2,8H2,1H3. The Hall–Kier alpha value is -2.28. The van der Waals surface area contributed by atoms with Gasteiger partial charge in [-0.05, 0) is 30.0 Å². The van der Waals surface area contributed by atoms with Crippen LogP contribution in [0.5, 0.6) is 11.5 Å². The van der Waals surface area contributed by atoms with Crippen LogP contribution in [-0.4, -0.2) is 32.1 Å². The Bertz CT molecular complexity index is 818. The van der Waals surface area contributed by atoms with Gasteiger partial charge in [0.15, 0.2) is 11.5 Å². The number of thioether (sulfide) groups is 1. The number of nitrogens with zero attached hydrogens (tertiary/aromatic N) is 4. The summed E-state index contributed by atoms with van der Waals surface area (Å²) in [5.41, 5.74) is 1.92. The van der Waals surface area contributed by atoms with Gasteiger partial charge in [-0.2, -0.15) is 9.50 Å². The number of fused-ring (bicyclic) bond motifs is 2. The molecular formula is C14H12N4O2S. The van der Waals surface area contributed by atoms with E-state index < -0.39 is 0 Å². The maximum absolute atomic E-state index is 5.43. The highest BCUT2D eigenvalue weighted by atomic mass is 32.2. The van der Waals surface area contributed by atoms with Crippen LogP contribution in [-0.2, 0) is 0 Å². The minimum Gasteiger partial charge on any atom is -0.454 e. The van der Waals surface area contributed by atoms with Crippen LogP contribution >= 0.6 is 11.8 Å². The second-order valence-electron chi connectivity index (χ2n) is 4.44. The van der Waals surface area contributed by atoms with E-state index in [4.69, 9.17) is 9.47 Å². The van der Waals surface area contributed by atoms with Gasteiger partial charge in [0, 0.05) is 11.8 Å².